The third-order valence-corrected chi connectivity index (χ3v) is 1.09. The molecule has 0 N–H and O–H groups in total. The lowest BCUT2D eigenvalue weighted by Gasteiger charge is -1.96. The molecule has 0 aliphatic heterocycles. The predicted molar refractivity (Wildman–Crippen MR) is 34.0 cm³/mol. The number of nitrogens with zero attached hydrogens (tertiary/aromatic N) is 1. The molecule has 0 aromatic heterocycles. The summed E-state index contributed by atoms with van der Waals surface area (Å²) in [6.07, 6.45) is 1.75. The highest BCUT2D eigenvalue weighted by Crippen LogP contribution is 1.96. The van der Waals surface area contributed by atoms with Crippen LogP contribution in [0.25, 0.3) is 0 Å². The standard InChI is InChI=1S/C6H11NO3/c1-9-6(8)4-2-3-5-10-7/h2-5H2,1H3. The summed E-state index contributed by atoms with van der Waals surface area (Å²) in [5, 5.41) is 0. The molecule has 4 heteroatoms. The highest BCUT2D eigenvalue weighted by atomic mass is 16.6. The number of hydrogen-bond donors (Lipinski definition) is 0. The van der Waals surface area contributed by atoms with E-state index in [9.17, 15) is 4.79 Å². The number of unbranched alkanes of at least 4 members (excludes halogenated alkanes) is 1. The molecular weight excluding hydrogens is 134 g/mol. The van der Waals surface area contributed by atoms with Crippen molar-refractivity contribution in [3.8, 4) is 0 Å². The van der Waals surface area contributed by atoms with Gasteiger partial charge in [-0.25, -0.2) is 0 Å². The summed E-state index contributed by atoms with van der Waals surface area (Å²) in [5.74, 6) is 7.65. The van der Waals surface area contributed by atoms with Crippen molar-refractivity contribution in [2.45, 2.75) is 19.3 Å². The molecule has 58 valence electrons. The molecule has 0 bridgehead atoms. The molecule has 0 spiro atoms. The van der Waals surface area contributed by atoms with E-state index in [0.717, 1.165) is 0 Å². The summed E-state index contributed by atoms with van der Waals surface area (Å²) in [6, 6.07) is 0. The molecule has 0 rings (SSSR count). The fourth-order valence-electron chi connectivity index (χ4n) is 0.538. The summed E-state index contributed by atoms with van der Waals surface area (Å²) in [4.78, 5) is 14.3. The van der Waals surface area contributed by atoms with Crippen LogP contribution in [0.4, 0.5) is 0 Å². The van der Waals surface area contributed by atoms with Gasteiger partial charge < -0.3 is 4.74 Å². The van der Waals surface area contributed by atoms with Crippen molar-refractivity contribution in [2.75, 3.05) is 13.7 Å². The van der Waals surface area contributed by atoms with Crippen LogP contribution in [0.5, 0.6) is 0 Å². The van der Waals surface area contributed by atoms with E-state index in [1.165, 1.54) is 7.11 Å². The number of carbonyl (C=O) groups excluding carboxylic acids is 1. The molecule has 0 aliphatic carbocycles. The van der Waals surface area contributed by atoms with E-state index >= 15 is 0 Å². The number of carbonyl (C=O) groups is 1. The van der Waals surface area contributed by atoms with Crippen LogP contribution in [-0.4, -0.2) is 19.7 Å². The Hall–Kier alpha value is -0.610. The van der Waals surface area contributed by atoms with Gasteiger partial charge >= 0.3 is 5.97 Å². The normalized spacial score (nSPS) is 9.40. The Balaban J connectivity index is 2.96. The van der Waals surface area contributed by atoms with Crippen molar-refractivity contribution in [1.29, 1.82) is 0 Å². The van der Waals surface area contributed by atoms with Gasteiger partial charge in [-0.15, -0.1) is 0 Å². The number of esters is 1. The first-order valence-electron chi connectivity index (χ1n) is 3.14. The third-order valence-electron chi connectivity index (χ3n) is 1.09. The second-order valence-electron chi connectivity index (χ2n) is 1.87. The number of rotatable bonds is 5. The van der Waals surface area contributed by atoms with Crippen LogP contribution in [0.2, 0.25) is 0 Å². The minimum absolute atomic E-state index is 0.224. The van der Waals surface area contributed by atoms with E-state index in [1.54, 1.807) is 0 Å². The van der Waals surface area contributed by atoms with E-state index in [2.05, 4.69) is 9.57 Å². The second kappa shape index (κ2) is 6.51. The molecule has 0 amide bonds. The fourth-order valence-corrected chi connectivity index (χ4v) is 0.538. The predicted octanol–water partition coefficient (Wildman–Crippen LogP) is 0.330. The third kappa shape index (κ3) is 5.53. The van der Waals surface area contributed by atoms with Gasteiger partial charge in [0.1, 0.15) is 0 Å². The van der Waals surface area contributed by atoms with Crippen LogP contribution in [0, 0.1) is 0 Å². The van der Waals surface area contributed by atoms with E-state index < -0.39 is 0 Å². The zero-order chi connectivity index (χ0) is 7.82. The van der Waals surface area contributed by atoms with Crippen LogP contribution in [0.1, 0.15) is 19.3 Å². The van der Waals surface area contributed by atoms with Gasteiger partial charge in [0.05, 0.1) is 13.7 Å². The number of ether oxygens (including phenoxy) is 1. The molecule has 0 saturated carbocycles. The van der Waals surface area contributed by atoms with Crippen molar-refractivity contribution in [3.63, 3.8) is 0 Å². The monoisotopic (exact) mass is 145 g/mol. The van der Waals surface area contributed by atoms with Crippen molar-refractivity contribution in [2.24, 2.45) is 0 Å². The van der Waals surface area contributed by atoms with Crippen molar-refractivity contribution >= 4 is 5.97 Å². The average molecular weight is 145 g/mol. The van der Waals surface area contributed by atoms with Crippen LogP contribution in [0.3, 0.4) is 0 Å². The smallest absolute Gasteiger partial charge is 0.305 e. The van der Waals surface area contributed by atoms with Crippen LogP contribution in [-0.2, 0) is 14.4 Å². The lowest BCUT2D eigenvalue weighted by molar-refractivity contribution is -0.140. The summed E-state index contributed by atoms with van der Waals surface area (Å²) in [5.41, 5.74) is 0. The van der Waals surface area contributed by atoms with Gasteiger partial charge in [-0.2, -0.15) is 0 Å². The molecular formula is C6H11NO3. The maximum atomic E-state index is 10.4. The van der Waals surface area contributed by atoms with E-state index in [1.807, 2.05) is 0 Å². The maximum absolute atomic E-state index is 10.4. The highest BCUT2D eigenvalue weighted by Gasteiger charge is 1.97. The van der Waals surface area contributed by atoms with Gasteiger partial charge in [0.25, 0.3) is 0 Å². The molecule has 0 aromatic rings. The van der Waals surface area contributed by atoms with E-state index in [-0.39, 0.29) is 12.6 Å². The maximum Gasteiger partial charge on any atom is 0.305 e. The van der Waals surface area contributed by atoms with E-state index in [0.29, 0.717) is 19.3 Å². The van der Waals surface area contributed by atoms with E-state index in [4.69, 9.17) is 5.90 Å². The highest BCUT2D eigenvalue weighted by molar-refractivity contribution is 5.68. The summed E-state index contributed by atoms with van der Waals surface area (Å²) >= 11 is 0. The van der Waals surface area contributed by atoms with Gasteiger partial charge in [0.15, 0.2) is 0 Å². The average Bonchev–Trinajstić information content (AvgIpc) is 1.98. The Morgan fingerprint density at radius 2 is 2.20 bits per heavy atom. The molecule has 4 nitrogen and oxygen atoms in total. The fraction of sp³-hybridized carbons (Fsp3) is 0.833. The van der Waals surface area contributed by atoms with Gasteiger partial charge in [0, 0.05) is 12.3 Å². The first-order valence-corrected chi connectivity index (χ1v) is 3.14. The lowest BCUT2D eigenvalue weighted by atomic mass is 10.2. The van der Waals surface area contributed by atoms with Crippen molar-refractivity contribution < 1.29 is 14.4 Å². The zero-order valence-electron chi connectivity index (χ0n) is 6.00. The lowest BCUT2D eigenvalue weighted by Crippen LogP contribution is -2.00. The summed E-state index contributed by atoms with van der Waals surface area (Å²) in [7, 11) is 1.35. The largest absolute Gasteiger partial charge is 0.469 e. The van der Waals surface area contributed by atoms with Gasteiger partial charge in [0.2, 0.25) is 0 Å². The van der Waals surface area contributed by atoms with Crippen LogP contribution in [0.15, 0.2) is 0 Å². The van der Waals surface area contributed by atoms with Crippen molar-refractivity contribution in [1.82, 2.24) is 5.90 Å². The molecule has 0 fully saturated rings. The first-order chi connectivity index (χ1) is 4.81. The van der Waals surface area contributed by atoms with Crippen LogP contribution >= 0.6 is 0 Å². The van der Waals surface area contributed by atoms with Gasteiger partial charge in [-0.05, 0) is 12.8 Å². The SMILES string of the molecule is COC(=O)CCCCO[N]. The molecule has 0 saturated heterocycles. The first kappa shape index (κ1) is 9.39. The topological polar surface area (TPSA) is 57.8 Å². The number of methoxy groups -OCH3 is 1. The minimum atomic E-state index is -0.224. The molecule has 0 aliphatic rings. The van der Waals surface area contributed by atoms with Gasteiger partial charge in [-0.3, -0.25) is 9.63 Å². The molecule has 2 radical (unpaired) electrons. The molecule has 10 heavy (non-hydrogen) atoms. The Labute approximate surface area is 60.2 Å². The summed E-state index contributed by atoms with van der Waals surface area (Å²) in [6.45, 7) is 0.275. The van der Waals surface area contributed by atoms with Gasteiger partial charge in [-0.1, -0.05) is 0 Å². The minimum Gasteiger partial charge on any atom is -0.469 e. The number of hydrogen-bond acceptors (Lipinski definition) is 3. The molecule has 0 unspecified atom stereocenters. The molecule has 0 atom stereocenters. The molecule has 0 aromatic carbocycles. The quantitative estimate of drug-likeness (QED) is 0.318. The van der Waals surface area contributed by atoms with Crippen molar-refractivity contribution in [3.05, 3.63) is 0 Å². The second-order valence-corrected chi connectivity index (χ2v) is 1.87. The Morgan fingerprint density at radius 3 is 2.70 bits per heavy atom. The Morgan fingerprint density at radius 1 is 1.50 bits per heavy atom. The Bertz CT molecular complexity index is 95.0. The molecule has 0 heterocycles. The summed E-state index contributed by atoms with van der Waals surface area (Å²) < 4.78 is 4.39. The van der Waals surface area contributed by atoms with Crippen LogP contribution < -0.4 is 5.90 Å². The Kier molecular flexibility index (Phi) is 6.11. The zero-order valence-corrected chi connectivity index (χ0v) is 6.00.